The van der Waals surface area contributed by atoms with Crippen LogP contribution in [0, 0.1) is 6.92 Å². The Labute approximate surface area is 171 Å². The molecule has 0 aliphatic heterocycles. The molecule has 0 fully saturated rings. The van der Waals surface area contributed by atoms with Gasteiger partial charge in [-0.25, -0.2) is 4.79 Å². The Balaban J connectivity index is 0.000000188. The van der Waals surface area contributed by atoms with Crippen LogP contribution in [0.1, 0.15) is 39.9 Å². The minimum Gasteiger partial charge on any atom is -0.478 e. The van der Waals surface area contributed by atoms with Crippen LogP contribution in [0.3, 0.4) is 0 Å². The number of anilines is 1. The molecule has 1 aliphatic carbocycles. The highest BCUT2D eigenvalue weighted by molar-refractivity contribution is 5.93. The summed E-state index contributed by atoms with van der Waals surface area (Å²) in [7, 11) is 1.66. The van der Waals surface area contributed by atoms with Crippen LogP contribution >= 0.6 is 0 Å². The second-order valence-corrected chi connectivity index (χ2v) is 6.98. The van der Waals surface area contributed by atoms with Gasteiger partial charge < -0.3 is 15.2 Å². The Bertz CT molecular complexity index is 985. The third-order valence-corrected chi connectivity index (χ3v) is 4.96. The second kappa shape index (κ2) is 9.73. The lowest BCUT2D eigenvalue weighted by Crippen LogP contribution is -2.02. The number of carboxylic acid groups (broad SMARTS) is 1. The predicted octanol–water partition coefficient (Wildman–Crippen LogP) is 5.49. The maximum atomic E-state index is 10.5. The molecule has 5 nitrogen and oxygen atoms in total. The Morgan fingerprint density at radius 2 is 1.83 bits per heavy atom. The van der Waals surface area contributed by atoms with Gasteiger partial charge in [0.2, 0.25) is 0 Å². The molecular formula is C24H26N2O3. The zero-order valence-corrected chi connectivity index (χ0v) is 16.8. The summed E-state index contributed by atoms with van der Waals surface area (Å²) in [5, 5.41) is 11.4. The summed E-state index contributed by atoms with van der Waals surface area (Å²) in [6, 6.07) is 16.1. The monoisotopic (exact) mass is 390 g/mol. The number of fused-ring (bicyclic) bond motifs is 1. The Hall–Kier alpha value is -3.34. The van der Waals surface area contributed by atoms with Crippen molar-refractivity contribution >= 4 is 11.7 Å². The molecule has 29 heavy (non-hydrogen) atoms. The number of hydrogen-bond acceptors (Lipinski definition) is 4. The zero-order valence-electron chi connectivity index (χ0n) is 16.8. The lowest BCUT2D eigenvalue weighted by molar-refractivity contribution is 0.0698. The summed E-state index contributed by atoms with van der Waals surface area (Å²) in [6.07, 6.45) is 7.97. The minimum absolute atomic E-state index is 0.238. The molecule has 0 bridgehead atoms. The summed E-state index contributed by atoms with van der Waals surface area (Å²) in [4.78, 5) is 14.3. The number of benzene rings is 2. The van der Waals surface area contributed by atoms with E-state index >= 15 is 0 Å². The molecule has 2 N–H and O–H groups in total. The number of aromatic carboxylic acids is 1. The maximum absolute atomic E-state index is 10.5. The van der Waals surface area contributed by atoms with Crippen LogP contribution in [0.15, 0.2) is 60.9 Å². The number of ether oxygens (including phenoxy) is 1. The molecule has 1 heterocycles. The molecule has 2 aromatic carbocycles. The van der Waals surface area contributed by atoms with E-state index in [-0.39, 0.29) is 5.56 Å². The van der Waals surface area contributed by atoms with Gasteiger partial charge in [0.05, 0.1) is 17.4 Å². The summed E-state index contributed by atoms with van der Waals surface area (Å²) < 4.78 is 5.98. The molecule has 1 aromatic heterocycles. The molecule has 3 aromatic rings. The van der Waals surface area contributed by atoms with Crippen LogP contribution in [0.4, 0.5) is 5.69 Å². The number of aryl methyl sites for hydroxylation is 3. The van der Waals surface area contributed by atoms with Crippen molar-refractivity contribution in [2.75, 3.05) is 12.4 Å². The van der Waals surface area contributed by atoms with Gasteiger partial charge in [0, 0.05) is 13.2 Å². The Morgan fingerprint density at radius 3 is 2.52 bits per heavy atom. The van der Waals surface area contributed by atoms with Gasteiger partial charge in [-0.15, -0.1) is 0 Å². The van der Waals surface area contributed by atoms with Crippen LogP contribution in [0.25, 0.3) is 0 Å². The zero-order chi connectivity index (χ0) is 20.6. The van der Waals surface area contributed by atoms with Crippen molar-refractivity contribution in [2.24, 2.45) is 0 Å². The van der Waals surface area contributed by atoms with Gasteiger partial charge in [0.1, 0.15) is 11.5 Å². The van der Waals surface area contributed by atoms with E-state index in [0.717, 1.165) is 11.5 Å². The predicted molar refractivity (Wildman–Crippen MR) is 115 cm³/mol. The maximum Gasteiger partial charge on any atom is 0.337 e. The third kappa shape index (κ3) is 5.35. The molecule has 0 saturated heterocycles. The topological polar surface area (TPSA) is 71.5 Å². The van der Waals surface area contributed by atoms with E-state index < -0.39 is 5.97 Å². The van der Waals surface area contributed by atoms with Gasteiger partial charge >= 0.3 is 5.97 Å². The second-order valence-electron chi connectivity index (χ2n) is 6.98. The summed E-state index contributed by atoms with van der Waals surface area (Å²) in [5.41, 5.74) is 4.91. The number of pyridine rings is 1. The van der Waals surface area contributed by atoms with Crippen molar-refractivity contribution in [1.82, 2.24) is 4.98 Å². The lowest BCUT2D eigenvalue weighted by atomic mass is 9.92. The molecule has 0 atom stereocenters. The number of aromatic nitrogens is 1. The molecule has 150 valence electrons. The van der Waals surface area contributed by atoms with E-state index in [0.29, 0.717) is 5.69 Å². The fraction of sp³-hybridized carbons (Fsp3) is 0.250. The number of carbonyl (C=O) groups is 1. The lowest BCUT2D eigenvalue weighted by Gasteiger charge is -2.17. The minimum atomic E-state index is -0.947. The number of hydrogen-bond donors (Lipinski definition) is 2. The van der Waals surface area contributed by atoms with Crippen molar-refractivity contribution in [3.63, 3.8) is 0 Å². The Morgan fingerprint density at radius 1 is 1.07 bits per heavy atom. The van der Waals surface area contributed by atoms with Gasteiger partial charge in [0.25, 0.3) is 0 Å². The summed E-state index contributed by atoms with van der Waals surface area (Å²) in [5.74, 6) is 0.968. The van der Waals surface area contributed by atoms with E-state index in [2.05, 4.69) is 41.5 Å². The van der Waals surface area contributed by atoms with Crippen LogP contribution in [0.2, 0.25) is 0 Å². The summed E-state index contributed by atoms with van der Waals surface area (Å²) >= 11 is 0. The quantitative estimate of drug-likeness (QED) is 0.616. The Kier molecular flexibility index (Phi) is 6.85. The average molecular weight is 390 g/mol. The number of nitrogens with zero attached hydrogens (tertiary/aromatic N) is 1. The van der Waals surface area contributed by atoms with Crippen molar-refractivity contribution in [3.05, 3.63) is 83.2 Å². The van der Waals surface area contributed by atoms with Crippen molar-refractivity contribution in [3.8, 4) is 11.5 Å². The first kappa shape index (κ1) is 20.4. The van der Waals surface area contributed by atoms with Crippen molar-refractivity contribution in [1.29, 1.82) is 0 Å². The van der Waals surface area contributed by atoms with E-state index in [1.807, 2.05) is 18.2 Å². The summed E-state index contributed by atoms with van der Waals surface area (Å²) in [6.45, 7) is 2.08. The van der Waals surface area contributed by atoms with Crippen LogP contribution in [0.5, 0.6) is 11.5 Å². The molecule has 4 rings (SSSR count). The molecule has 5 heteroatoms. The van der Waals surface area contributed by atoms with Crippen LogP contribution < -0.4 is 10.1 Å². The van der Waals surface area contributed by atoms with Gasteiger partial charge in [-0.2, -0.15) is 0 Å². The fourth-order valence-electron chi connectivity index (χ4n) is 3.35. The number of rotatable bonds is 4. The van der Waals surface area contributed by atoms with Crippen molar-refractivity contribution < 1.29 is 14.6 Å². The number of para-hydroxylation sites is 1. The van der Waals surface area contributed by atoms with E-state index in [4.69, 9.17) is 9.84 Å². The average Bonchev–Trinajstić information content (AvgIpc) is 2.75. The standard InChI is InChI=1S/C17H18O.C7H8N2O2/c1-13-6-2-5-9-17(13)18-16-11-10-14-7-3-4-8-15(14)12-16;1-8-6-4-9-3-2-5(6)7(10)11/h2,5-6,9-12H,3-4,7-8H2,1H3;2-4,8H,1H3,(H,10,11). The van der Waals surface area contributed by atoms with Gasteiger partial charge in [-0.1, -0.05) is 24.3 Å². The SMILES string of the molecule is CNc1cnccc1C(=O)O.Cc1ccccc1Oc1ccc2c(c1)CCCC2. The first-order valence-corrected chi connectivity index (χ1v) is 9.79. The molecular weight excluding hydrogens is 364 g/mol. The highest BCUT2D eigenvalue weighted by Gasteiger charge is 2.10. The largest absolute Gasteiger partial charge is 0.478 e. The molecule has 0 unspecified atom stereocenters. The molecule has 0 amide bonds. The first-order valence-electron chi connectivity index (χ1n) is 9.79. The van der Waals surface area contributed by atoms with Gasteiger partial charge in [-0.3, -0.25) is 4.98 Å². The first-order chi connectivity index (χ1) is 14.1. The van der Waals surface area contributed by atoms with E-state index in [9.17, 15) is 4.79 Å². The molecule has 1 aliphatic rings. The number of carboxylic acids is 1. The van der Waals surface area contributed by atoms with Crippen LogP contribution in [-0.4, -0.2) is 23.1 Å². The molecule has 0 radical (unpaired) electrons. The normalized spacial score (nSPS) is 12.2. The number of nitrogens with one attached hydrogen (secondary N) is 1. The van der Waals surface area contributed by atoms with Gasteiger partial charge in [-0.05, 0) is 73.6 Å². The fourth-order valence-corrected chi connectivity index (χ4v) is 3.35. The molecule has 0 saturated carbocycles. The smallest absolute Gasteiger partial charge is 0.337 e. The van der Waals surface area contributed by atoms with Crippen molar-refractivity contribution in [2.45, 2.75) is 32.6 Å². The third-order valence-electron chi connectivity index (χ3n) is 4.96. The highest BCUT2D eigenvalue weighted by Crippen LogP contribution is 2.29. The van der Waals surface area contributed by atoms with E-state index in [1.165, 1.54) is 60.8 Å². The van der Waals surface area contributed by atoms with Crippen LogP contribution in [-0.2, 0) is 12.8 Å². The highest BCUT2D eigenvalue weighted by atomic mass is 16.5. The molecule has 0 spiro atoms. The van der Waals surface area contributed by atoms with E-state index in [1.54, 1.807) is 7.05 Å². The van der Waals surface area contributed by atoms with Gasteiger partial charge in [0.15, 0.2) is 0 Å².